The van der Waals surface area contributed by atoms with Gasteiger partial charge in [0.2, 0.25) is 11.8 Å². The summed E-state index contributed by atoms with van der Waals surface area (Å²) in [6.45, 7) is 14.0. The average Bonchev–Trinajstić information content (AvgIpc) is 2.59. The van der Waals surface area contributed by atoms with E-state index in [0.717, 1.165) is 0 Å². The Morgan fingerprint density at radius 3 is 1.20 bits per heavy atom. The fourth-order valence-corrected chi connectivity index (χ4v) is 2.85. The number of aliphatic hydroxyl groups is 2. The molecule has 0 aliphatic heterocycles. The molecule has 0 heterocycles. The van der Waals surface area contributed by atoms with Crippen LogP contribution in [0.1, 0.15) is 81.1 Å². The zero-order valence-electron chi connectivity index (χ0n) is 17.2. The average molecular weight is 359 g/mol. The van der Waals surface area contributed by atoms with Gasteiger partial charge in [-0.25, -0.2) is 0 Å². The van der Waals surface area contributed by atoms with Gasteiger partial charge in [0.1, 0.15) is 5.41 Å². The Morgan fingerprint density at radius 1 is 0.760 bits per heavy atom. The number of amides is 2. The van der Waals surface area contributed by atoms with Crippen molar-refractivity contribution in [1.29, 1.82) is 0 Å². The standard InChI is InChI=1S/C19H38N2O4/c1-9-18(24,10-2)13(5)20-15(22)17(7,8)16(23)21-14(6)19(25,11-3)12-4/h13-14,24-25H,9-12H2,1-8H3,(H,20,22)(H,21,23). The highest BCUT2D eigenvalue weighted by Gasteiger charge is 2.42. The summed E-state index contributed by atoms with van der Waals surface area (Å²) in [6.07, 6.45) is 2.03. The van der Waals surface area contributed by atoms with Gasteiger partial charge in [-0.05, 0) is 53.4 Å². The third-order valence-corrected chi connectivity index (χ3v) is 5.89. The minimum absolute atomic E-state index is 0.443. The highest BCUT2D eigenvalue weighted by Crippen LogP contribution is 2.24. The molecule has 0 rings (SSSR count). The van der Waals surface area contributed by atoms with Crippen LogP contribution in [0.2, 0.25) is 0 Å². The molecule has 148 valence electrons. The Kier molecular flexibility index (Phi) is 8.58. The van der Waals surface area contributed by atoms with Gasteiger partial charge in [0, 0.05) is 0 Å². The van der Waals surface area contributed by atoms with Gasteiger partial charge >= 0.3 is 0 Å². The quantitative estimate of drug-likeness (QED) is 0.450. The van der Waals surface area contributed by atoms with E-state index >= 15 is 0 Å². The molecule has 6 nitrogen and oxygen atoms in total. The fourth-order valence-electron chi connectivity index (χ4n) is 2.85. The molecule has 0 aliphatic carbocycles. The topological polar surface area (TPSA) is 98.7 Å². The SMILES string of the molecule is CCC(O)(CC)C(C)NC(=O)C(C)(C)C(=O)NC(C)C(O)(CC)CC. The van der Waals surface area contributed by atoms with E-state index in [1.807, 2.05) is 27.7 Å². The lowest BCUT2D eigenvalue weighted by atomic mass is 9.85. The summed E-state index contributed by atoms with van der Waals surface area (Å²) >= 11 is 0. The highest BCUT2D eigenvalue weighted by atomic mass is 16.3. The Morgan fingerprint density at radius 2 is 1.00 bits per heavy atom. The van der Waals surface area contributed by atoms with Crippen LogP contribution in [-0.2, 0) is 9.59 Å². The second kappa shape index (κ2) is 8.99. The van der Waals surface area contributed by atoms with Crippen LogP contribution >= 0.6 is 0 Å². The summed E-state index contributed by atoms with van der Waals surface area (Å²) in [5.41, 5.74) is -3.31. The molecule has 0 aromatic carbocycles. The fraction of sp³-hybridized carbons (Fsp3) is 0.895. The Bertz CT molecular complexity index is 414. The molecule has 0 radical (unpaired) electrons. The lowest BCUT2D eigenvalue weighted by Crippen LogP contribution is -2.59. The van der Waals surface area contributed by atoms with Gasteiger partial charge in [-0.3, -0.25) is 9.59 Å². The van der Waals surface area contributed by atoms with E-state index in [0.29, 0.717) is 25.7 Å². The van der Waals surface area contributed by atoms with Crippen LogP contribution in [0.15, 0.2) is 0 Å². The molecule has 2 atom stereocenters. The van der Waals surface area contributed by atoms with E-state index in [-0.39, 0.29) is 0 Å². The number of hydrogen-bond donors (Lipinski definition) is 4. The zero-order valence-corrected chi connectivity index (χ0v) is 17.2. The van der Waals surface area contributed by atoms with Crippen LogP contribution in [0.25, 0.3) is 0 Å². The van der Waals surface area contributed by atoms with Gasteiger partial charge in [0.05, 0.1) is 23.3 Å². The van der Waals surface area contributed by atoms with E-state index in [4.69, 9.17) is 0 Å². The summed E-state index contributed by atoms with van der Waals surface area (Å²) in [7, 11) is 0. The molecule has 0 aromatic heterocycles. The van der Waals surface area contributed by atoms with E-state index < -0.39 is 40.5 Å². The van der Waals surface area contributed by atoms with E-state index in [2.05, 4.69) is 10.6 Å². The molecule has 4 N–H and O–H groups in total. The smallest absolute Gasteiger partial charge is 0.235 e. The molecule has 0 fully saturated rings. The molecular formula is C19H38N2O4. The van der Waals surface area contributed by atoms with Crippen LogP contribution in [0.3, 0.4) is 0 Å². The predicted molar refractivity (Wildman–Crippen MR) is 100 cm³/mol. The van der Waals surface area contributed by atoms with Crippen molar-refractivity contribution in [2.75, 3.05) is 0 Å². The van der Waals surface area contributed by atoms with Gasteiger partial charge in [0.25, 0.3) is 0 Å². The van der Waals surface area contributed by atoms with Crippen molar-refractivity contribution in [1.82, 2.24) is 10.6 Å². The Hall–Kier alpha value is -1.14. The molecule has 25 heavy (non-hydrogen) atoms. The number of nitrogens with one attached hydrogen (secondary N) is 2. The van der Waals surface area contributed by atoms with Crippen molar-refractivity contribution < 1.29 is 19.8 Å². The maximum atomic E-state index is 12.6. The monoisotopic (exact) mass is 358 g/mol. The normalized spacial score (nSPS) is 15.4. The van der Waals surface area contributed by atoms with Crippen LogP contribution in [-0.4, -0.2) is 45.3 Å². The Balaban J connectivity index is 5.11. The van der Waals surface area contributed by atoms with Crippen LogP contribution in [0.5, 0.6) is 0 Å². The zero-order chi connectivity index (χ0) is 20.1. The summed E-state index contributed by atoms with van der Waals surface area (Å²) in [6, 6.07) is -0.939. The van der Waals surface area contributed by atoms with Gasteiger partial charge < -0.3 is 20.8 Å². The minimum atomic E-state index is -1.31. The highest BCUT2D eigenvalue weighted by molar-refractivity contribution is 6.04. The summed E-state index contributed by atoms with van der Waals surface area (Å²) < 4.78 is 0. The summed E-state index contributed by atoms with van der Waals surface area (Å²) in [5, 5.41) is 26.6. The number of rotatable bonds is 10. The van der Waals surface area contributed by atoms with Crippen LogP contribution < -0.4 is 10.6 Å². The molecule has 0 bridgehead atoms. The molecule has 2 amide bonds. The first kappa shape index (κ1) is 23.9. The lowest BCUT2D eigenvalue weighted by Gasteiger charge is -2.37. The molecular weight excluding hydrogens is 320 g/mol. The van der Waals surface area contributed by atoms with Crippen molar-refractivity contribution in [3.05, 3.63) is 0 Å². The maximum Gasteiger partial charge on any atom is 0.235 e. The van der Waals surface area contributed by atoms with Crippen molar-refractivity contribution >= 4 is 11.8 Å². The summed E-state index contributed by atoms with van der Waals surface area (Å²) in [4.78, 5) is 25.2. The number of hydrogen-bond acceptors (Lipinski definition) is 4. The van der Waals surface area contributed by atoms with Crippen LogP contribution in [0.4, 0.5) is 0 Å². The van der Waals surface area contributed by atoms with E-state index in [1.54, 1.807) is 27.7 Å². The molecule has 0 spiro atoms. The second-order valence-electron chi connectivity index (χ2n) is 7.64. The Labute approximate surface area is 152 Å². The molecule has 0 saturated carbocycles. The largest absolute Gasteiger partial charge is 0.388 e. The first-order chi connectivity index (χ1) is 11.3. The summed E-state index contributed by atoms with van der Waals surface area (Å²) in [5.74, 6) is -0.886. The van der Waals surface area contributed by atoms with Crippen molar-refractivity contribution in [3.63, 3.8) is 0 Å². The second-order valence-corrected chi connectivity index (χ2v) is 7.64. The molecule has 0 aromatic rings. The molecule has 6 heteroatoms. The maximum absolute atomic E-state index is 12.6. The van der Waals surface area contributed by atoms with Crippen molar-refractivity contribution in [3.8, 4) is 0 Å². The number of carbonyl (C=O) groups is 2. The minimum Gasteiger partial charge on any atom is -0.388 e. The van der Waals surface area contributed by atoms with Crippen molar-refractivity contribution in [2.24, 2.45) is 5.41 Å². The van der Waals surface area contributed by atoms with E-state index in [9.17, 15) is 19.8 Å². The van der Waals surface area contributed by atoms with Crippen LogP contribution in [0, 0.1) is 5.41 Å². The third-order valence-electron chi connectivity index (χ3n) is 5.89. The predicted octanol–water partition coefficient (Wildman–Crippen LogP) is 2.12. The number of carbonyl (C=O) groups excluding carboxylic acids is 2. The first-order valence-electron chi connectivity index (χ1n) is 9.41. The third kappa shape index (κ3) is 5.42. The van der Waals surface area contributed by atoms with Crippen molar-refractivity contribution in [2.45, 2.75) is 104 Å². The first-order valence-corrected chi connectivity index (χ1v) is 9.41. The van der Waals surface area contributed by atoms with Gasteiger partial charge in [0.15, 0.2) is 0 Å². The van der Waals surface area contributed by atoms with Gasteiger partial charge in [-0.15, -0.1) is 0 Å². The molecule has 2 unspecified atom stereocenters. The van der Waals surface area contributed by atoms with E-state index in [1.165, 1.54) is 0 Å². The molecule has 0 saturated heterocycles. The van der Waals surface area contributed by atoms with Gasteiger partial charge in [-0.2, -0.15) is 0 Å². The lowest BCUT2D eigenvalue weighted by molar-refractivity contribution is -0.144. The molecule has 0 aliphatic rings. The van der Waals surface area contributed by atoms with Gasteiger partial charge in [-0.1, -0.05) is 27.7 Å².